The zero-order valence-corrected chi connectivity index (χ0v) is 6.57. The summed E-state index contributed by atoms with van der Waals surface area (Å²) >= 11 is 0. The number of benzene rings is 1. The molecule has 0 aliphatic carbocycles. The molecule has 2 rings (SSSR count). The van der Waals surface area contributed by atoms with Crippen molar-refractivity contribution in [2.75, 3.05) is 0 Å². The van der Waals surface area contributed by atoms with Gasteiger partial charge in [-0.2, -0.15) is 0 Å². The third-order valence-electron chi connectivity index (χ3n) is 1.86. The molecule has 0 atom stereocenters. The Balaban J connectivity index is 2.88. The van der Waals surface area contributed by atoms with E-state index < -0.39 is 0 Å². The Labute approximate surface area is 71.4 Å². The molecule has 0 aliphatic rings. The first-order valence-electron chi connectivity index (χ1n) is 3.80. The van der Waals surface area contributed by atoms with Crippen molar-refractivity contribution < 1.29 is 0 Å². The van der Waals surface area contributed by atoms with Crippen molar-refractivity contribution in [2.45, 2.75) is 0 Å². The summed E-state index contributed by atoms with van der Waals surface area (Å²) < 4.78 is 0. The van der Waals surface area contributed by atoms with Crippen LogP contribution in [0, 0.1) is 6.58 Å². The summed E-state index contributed by atoms with van der Waals surface area (Å²) in [6, 6.07) is 9.85. The summed E-state index contributed by atoms with van der Waals surface area (Å²) in [7, 11) is 0. The van der Waals surface area contributed by atoms with E-state index in [9.17, 15) is 0 Å². The predicted molar refractivity (Wildman–Crippen MR) is 50.5 cm³/mol. The molecule has 0 spiro atoms. The van der Waals surface area contributed by atoms with E-state index in [4.69, 9.17) is 6.58 Å². The van der Waals surface area contributed by atoms with Crippen LogP contribution in [0.2, 0.25) is 0 Å². The molecule has 1 nitrogen and oxygen atoms in total. The summed E-state index contributed by atoms with van der Waals surface area (Å²) in [6.07, 6.45) is 3.37. The van der Waals surface area contributed by atoms with E-state index >= 15 is 0 Å². The smallest absolute Gasteiger partial charge is 0.0707 e. The second-order valence-corrected chi connectivity index (χ2v) is 2.58. The van der Waals surface area contributed by atoms with Crippen molar-refractivity contribution in [3.8, 4) is 0 Å². The van der Waals surface area contributed by atoms with Gasteiger partial charge in [-0.15, -0.1) is 0 Å². The highest BCUT2D eigenvalue weighted by Gasteiger charge is 1.95. The Morgan fingerprint density at radius 2 is 2.00 bits per heavy atom. The third-order valence-corrected chi connectivity index (χ3v) is 1.86. The Bertz CT molecular complexity index is 413. The zero-order valence-electron chi connectivity index (χ0n) is 6.57. The quantitative estimate of drug-likeness (QED) is 0.615. The van der Waals surface area contributed by atoms with Gasteiger partial charge in [-0.1, -0.05) is 30.9 Å². The van der Waals surface area contributed by atoms with E-state index in [0.717, 1.165) is 16.5 Å². The number of nitrogens with zero attached hydrogens (tertiary/aromatic N) is 1. The van der Waals surface area contributed by atoms with Crippen molar-refractivity contribution in [3.63, 3.8) is 0 Å². The molecular formula is C11H8N. The maximum Gasteiger partial charge on any atom is 0.0707 e. The van der Waals surface area contributed by atoms with Gasteiger partial charge in [-0.3, -0.25) is 4.98 Å². The molecule has 0 saturated carbocycles. The number of rotatable bonds is 1. The second kappa shape index (κ2) is 2.78. The average molecular weight is 154 g/mol. The van der Waals surface area contributed by atoms with Crippen LogP contribution in [0.15, 0.2) is 36.5 Å². The molecule has 1 radical (unpaired) electrons. The molecule has 0 bridgehead atoms. The molecule has 1 aromatic heterocycles. The maximum absolute atomic E-state index is 5.46. The fourth-order valence-corrected chi connectivity index (χ4v) is 1.26. The fourth-order valence-electron chi connectivity index (χ4n) is 1.26. The topological polar surface area (TPSA) is 12.9 Å². The molecule has 1 heteroatoms. The van der Waals surface area contributed by atoms with Crippen molar-refractivity contribution in [2.24, 2.45) is 0 Å². The van der Waals surface area contributed by atoms with Crippen LogP contribution in [0.5, 0.6) is 0 Å². The normalized spacial score (nSPS) is 10.0. The number of para-hydroxylation sites is 1. The van der Waals surface area contributed by atoms with Crippen LogP contribution in [0.25, 0.3) is 17.0 Å². The van der Waals surface area contributed by atoms with Gasteiger partial charge in [0.1, 0.15) is 0 Å². The fraction of sp³-hybridized carbons (Fsp3) is 0. The minimum Gasteiger partial charge on any atom is -0.256 e. The lowest BCUT2D eigenvalue weighted by Gasteiger charge is -1.98. The van der Waals surface area contributed by atoms with E-state index in [2.05, 4.69) is 4.98 Å². The summed E-state index contributed by atoms with van der Waals surface area (Å²) in [6.45, 7) is 5.46. The number of fused-ring (bicyclic) bond motifs is 1. The van der Waals surface area contributed by atoms with Gasteiger partial charge in [-0.05, 0) is 17.7 Å². The molecule has 57 valence electrons. The van der Waals surface area contributed by atoms with Crippen LogP contribution in [0.3, 0.4) is 0 Å². The van der Waals surface area contributed by atoms with Crippen LogP contribution >= 0.6 is 0 Å². The van der Waals surface area contributed by atoms with Crippen molar-refractivity contribution in [3.05, 3.63) is 48.7 Å². The molecule has 0 amide bonds. The lowest BCUT2D eigenvalue weighted by atomic mass is 10.1. The lowest BCUT2D eigenvalue weighted by molar-refractivity contribution is 1.41. The number of hydrogen-bond donors (Lipinski definition) is 0. The standard InChI is InChI=1S/C11H8N/c1-2-9-7-8-12-11-6-4-3-5-10(9)11/h1-8H. The Kier molecular flexibility index (Phi) is 1.63. The number of aromatic nitrogens is 1. The highest BCUT2D eigenvalue weighted by molar-refractivity contribution is 5.86. The second-order valence-electron chi connectivity index (χ2n) is 2.58. The molecule has 1 aromatic carbocycles. The van der Waals surface area contributed by atoms with Gasteiger partial charge in [-0.25, -0.2) is 0 Å². The average Bonchev–Trinajstić information content (AvgIpc) is 2.17. The first-order valence-corrected chi connectivity index (χ1v) is 3.80. The molecule has 2 aromatic rings. The van der Waals surface area contributed by atoms with Gasteiger partial charge >= 0.3 is 0 Å². The maximum atomic E-state index is 5.46. The van der Waals surface area contributed by atoms with Gasteiger partial charge in [0.2, 0.25) is 0 Å². The Hall–Kier alpha value is -1.63. The zero-order chi connectivity index (χ0) is 8.39. The number of hydrogen-bond acceptors (Lipinski definition) is 1. The van der Waals surface area contributed by atoms with E-state index in [1.807, 2.05) is 30.3 Å². The van der Waals surface area contributed by atoms with Gasteiger partial charge < -0.3 is 0 Å². The highest BCUT2D eigenvalue weighted by atomic mass is 14.6. The van der Waals surface area contributed by atoms with E-state index in [1.165, 1.54) is 0 Å². The summed E-state index contributed by atoms with van der Waals surface area (Å²) in [4.78, 5) is 4.21. The summed E-state index contributed by atoms with van der Waals surface area (Å²) in [5, 5.41) is 1.10. The SMILES string of the molecule is [CH]=Cc1ccnc2ccccc12. The molecule has 0 fully saturated rings. The molecule has 12 heavy (non-hydrogen) atoms. The van der Waals surface area contributed by atoms with Crippen molar-refractivity contribution >= 4 is 17.0 Å². The lowest BCUT2D eigenvalue weighted by Crippen LogP contribution is -1.80. The van der Waals surface area contributed by atoms with E-state index in [0.29, 0.717) is 0 Å². The molecular weight excluding hydrogens is 146 g/mol. The third kappa shape index (κ3) is 0.996. The molecule has 0 N–H and O–H groups in total. The van der Waals surface area contributed by atoms with Crippen LogP contribution in [-0.2, 0) is 0 Å². The van der Waals surface area contributed by atoms with E-state index in [-0.39, 0.29) is 0 Å². The summed E-state index contributed by atoms with van der Waals surface area (Å²) in [5.41, 5.74) is 2.01. The van der Waals surface area contributed by atoms with Crippen LogP contribution in [0.1, 0.15) is 5.56 Å². The Morgan fingerprint density at radius 1 is 1.17 bits per heavy atom. The first-order chi connectivity index (χ1) is 5.92. The van der Waals surface area contributed by atoms with E-state index in [1.54, 1.807) is 12.3 Å². The van der Waals surface area contributed by atoms with Crippen molar-refractivity contribution in [1.82, 2.24) is 4.98 Å². The van der Waals surface area contributed by atoms with Gasteiger partial charge in [0.25, 0.3) is 0 Å². The summed E-state index contributed by atoms with van der Waals surface area (Å²) in [5.74, 6) is 0. The minimum atomic E-state index is 0.983. The monoisotopic (exact) mass is 154 g/mol. The molecule has 1 heterocycles. The van der Waals surface area contributed by atoms with Crippen LogP contribution < -0.4 is 0 Å². The predicted octanol–water partition coefficient (Wildman–Crippen LogP) is 2.68. The van der Waals surface area contributed by atoms with Crippen LogP contribution in [-0.4, -0.2) is 4.98 Å². The minimum absolute atomic E-state index is 0.983. The van der Waals surface area contributed by atoms with Gasteiger partial charge in [0.05, 0.1) is 5.52 Å². The molecule has 0 unspecified atom stereocenters. The molecule has 0 saturated heterocycles. The first kappa shape index (κ1) is 7.04. The van der Waals surface area contributed by atoms with Gasteiger partial charge in [0, 0.05) is 11.6 Å². The largest absolute Gasteiger partial charge is 0.256 e. The molecule has 0 aliphatic heterocycles. The van der Waals surface area contributed by atoms with Crippen molar-refractivity contribution in [1.29, 1.82) is 0 Å². The number of pyridine rings is 1. The van der Waals surface area contributed by atoms with Gasteiger partial charge in [0.15, 0.2) is 0 Å². The Morgan fingerprint density at radius 3 is 2.83 bits per heavy atom. The van der Waals surface area contributed by atoms with Crippen LogP contribution in [0.4, 0.5) is 0 Å². The highest BCUT2D eigenvalue weighted by Crippen LogP contribution is 2.16.